The number of carbonyl (C=O) groups excluding carboxylic acids is 1. The maximum absolute atomic E-state index is 13.3. The van der Waals surface area contributed by atoms with E-state index in [2.05, 4.69) is 28.3 Å². The van der Waals surface area contributed by atoms with E-state index in [9.17, 15) is 9.18 Å². The topological polar surface area (TPSA) is 49.3 Å². The summed E-state index contributed by atoms with van der Waals surface area (Å²) in [4.78, 5) is 18.7. The predicted octanol–water partition coefficient (Wildman–Crippen LogP) is 4.46. The number of hydrogen-bond acceptors (Lipinski definition) is 5. The summed E-state index contributed by atoms with van der Waals surface area (Å²) >= 11 is 1.33. The van der Waals surface area contributed by atoms with Gasteiger partial charge in [0.1, 0.15) is 5.82 Å². The molecule has 4 rings (SSSR count). The Morgan fingerprint density at radius 2 is 1.86 bits per heavy atom. The molecule has 1 spiro atoms. The van der Waals surface area contributed by atoms with Gasteiger partial charge in [0, 0.05) is 25.2 Å². The second-order valence-electron chi connectivity index (χ2n) is 8.66. The summed E-state index contributed by atoms with van der Waals surface area (Å²) in [6.07, 6.45) is 5.44. The van der Waals surface area contributed by atoms with E-state index in [0.717, 1.165) is 55.9 Å². The van der Waals surface area contributed by atoms with Crippen LogP contribution in [-0.2, 0) is 6.54 Å². The van der Waals surface area contributed by atoms with Crippen LogP contribution in [0.2, 0.25) is 0 Å². The summed E-state index contributed by atoms with van der Waals surface area (Å²) in [5.74, 6) is 0.0988. The maximum Gasteiger partial charge on any atom is 0.275 e. The highest BCUT2D eigenvalue weighted by atomic mass is 32.1. The van der Waals surface area contributed by atoms with Crippen LogP contribution in [0.15, 0.2) is 24.3 Å². The highest BCUT2D eigenvalue weighted by molar-refractivity contribution is 7.05. The molecule has 0 aliphatic carbocycles. The zero-order chi connectivity index (χ0) is 20.4. The monoisotopic (exact) mass is 416 g/mol. The first-order valence-electron chi connectivity index (χ1n) is 10.6. The molecule has 2 aliphatic rings. The highest BCUT2D eigenvalue weighted by Gasteiger charge is 2.42. The van der Waals surface area contributed by atoms with Crippen molar-refractivity contribution in [3.63, 3.8) is 0 Å². The van der Waals surface area contributed by atoms with E-state index >= 15 is 0 Å². The lowest BCUT2D eigenvalue weighted by Gasteiger charge is -2.38. The van der Waals surface area contributed by atoms with Crippen molar-refractivity contribution in [1.29, 1.82) is 0 Å². The van der Waals surface area contributed by atoms with Crippen molar-refractivity contribution in [1.82, 2.24) is 19.4 Å². The minimum Gasteiger partial charge on any atom is -0.337 e. The van der Waals surface area contributed by atoms with Gasteiger partial charge in [-0.15, -0.1) is 5.10 Å². The van der Waals surface area contributed by atoms with Gasteiger partial charge in [-0.1, -0.05) is 30.5 Å². The molecule has 2 aliphatic heterocycles. The Balaban J connectivity index is 1.46. The average Bonchev–Trinajstić information content (AvgIpc) is 3.28. The summed E-state index contributed by atoms with van der Waals surface area (Å²) in [5, 5.41) is 4.15. The third-order valence-electron chi connectivity index (χ3n) is 6.47. The molecule has 1 amide bonds. The molecule has 0 bridgehead atoms. The third-order valence-corrected chi connectivity index (χ3v) is 7.50. The first kappa shape index (κ1) is 20.4. The average molecular weight is 417 g/mol. The van der Waals surface area contributed by atoms with Crippen molar-refractivity contribution in [2.24, 2.45) is 0 Å². The van der Waals surface area contributed by atoms with E-state index in [1.807, 2.05) is 17.0 Å². The van der Waals surface area contributed by atoms with Gasteiger partial charge in [-0.2, -0.15) is 0 Å². The Bertz CT molecular complexity index is 853. The van der Waals surface area contributed by atoms with Gasteiger partial charge in [0.2, 0.25) is 0 Å². The number of aromatic nitrogens is 2. The summed E-state index contributed by atoms with van der Waals surface area (Å²) in [6, 6.07) is 6.85. The van der Waals surface area contributed by atoms with E-state index < -0.39 is 0 Å². The molecule has 156 valence electrons. The van der Waals surface area contributed by atoms with Crippen LogP contribution in [0.1, 0.15) is 72.8 Å². The van der Waals surface area contributed by atoms with Gasteiger partial charge >= 0.3 is 0 Å². The summed E-state index contributed by atoms with van der Waals surface area (Å²) in [6.45, 7) is 7.61. The zero-order valence-corrected chi connectivity index (χ0v) is 18.1. The molecule has 0 radical (unpaired) electrons. The molecular weight excluding hydrogens is 387 g/mol. The first-order chi connectivity index (χ1) is 14.0. The molecule has 29 heavy (non-hydrogen) atoms. The largest absolute Gasteiger partial charge is 0.337 e. The molecule has 2 aromatic rings. The second-order valence-corrected chi connectivity index (χ2v) is 9.45. The Hall–Kier alpha value is -1.86. The zero-order valence-electron chi connectivity index (χ0n) is 17.2. The van der Waals surface area contributed by atoms with Crippen LogP contribution in [0.25, 0.3) is 0 Å². The van der Waals surface area contributed by atoms with E-state index in [-0.39, 0.29) is 23.2 Å². The molecule has 0 N–H and O–H groups in total. The molecule has 2 fully saturated rings. The van der Waals surface area contributed by atoms with Gasteiger partial charge in [0.05, 0.1) is 4.88 Å². The normalized spacial score (nSPS) is 23.1. The number of halogens is 1. The fourth-order valence-corrected chi connectivity index (χ4v) is 5.51. The molecule has 3 heterocycles. The van der Waals surface area contributed by atoms with E-state index in [0.29, 0.717) is 5.69 Å². The number of hydrogen-bond donors (Lipinski definition) is 0. The van der Waals surface area contributed by atoms with Crippen LogP contribution in [0.5, 0.6) is 0 Å². The fraction of sp³-hybridized carbons (Fsp3) is 0.591. The molecular formula is C22H29FN4OS. The lowest BCUT2D eigenvalue weighted by molar-refractivity contribution is 0.0731. The van der Waals surface area contributed by atoms with Crippen LogP contribution in [0.4, 0.5) is 4.39 Å². The standard InChI is InChI=1S/C22H29FN4OS/c1-16(2)20-19(24-25-29-20)21(28)26-12-3-9-22(11-14-26)10-4-13-27(22)15-17-5-7-18(23)8-6-17/h5-8,16H,3-4,9-15H2,1-2H3/t22-/m0/s1. The van der Waals surface area contributed by atoms with Crippen molar-refractivity contribution in [3.8, 4) is 0 Å². The highest BCUT2D eigenvalue weighted by Crippen LogP contribution is 2.39. The molecule has 7 heteroatoms. The number of benzene rings is 1. The van der Waals surface area contributed by atoms with Gasteiger partial charge in [-0.05, 0) is 73.8 Å². The van der Waals surface area contributed by atoms with Gasteiger partial charge in [0.25, 0.3) is 5.91 Å². The summed E-state index contributed by atoms with van der Waals surface area (Å²) in [7, 11) is 0. The van der Waals surface area contributed by atoms with E-state index in [1.54, 1.807) is 12.1 Å². The number of likely N-dealkylation sites (tertiary alicyclic amines) is 2. The van der Waals surface area contributed by atoms with E-state index in [4.69, 9.17) is 0 Å². The van der Waals surface area contributed by atoms with Crippen LogP contribution in [0, 0.1) is 5.82 Å². The smallest absolute Gasteiger partial charge is 0.275 e. The summed E-state index contributed by atoms with van der Waals surface area (Å²) < 4.78 is 17.3. The molecule has 0 saturated carbocycles. The maximum atomic E-state index is 13.3. The predicted molar refractivity (Wildman–Crippen MR) is 113 cm³/mol. The van der Waals surface area contributed by atoms with Crippen molar-refractivity contribution in [2.75, 3.05) is 19.6 Å². The molecule has 1 aromatic heterocycles. The lowest BCUT2D eigenvalue weighted by atomic mass is 9.87. The lowest BCUT2D eigenvalue weighted by Crippen LogP contribution is -2.44. The van der Waals surface area contributed by atoms with Gasteiger partial charge in [0.15, 0.2) is 5.69 Å². The molecule has 1 aromatic carbocycles. The van der Waals surface area contributed by atoms with Crippen LogP contribution >= 0.6 is 11.5 Å². The number of amides is 1. The van der Waals surface area contributed by atoms with Gasteiger partial charge < -0.3 is 4.90 Å². The van der Waals surface area contributed by atoms with Crippen LogP contribution < -0.4 is 0 Å². The number of carbonyl (C=O) groups is 1. The quantitative estimate of drug-likeness (QED) is 0.738. The fourth-order valence-electron chi connectivity index (χ4n) is 4.87. The molecule has 2 saturated heterocycles. The second kappa shape index (κ2) is 8.48. The number of rotatable bonds is 4. The van der Waals surface area contributed by atoms with Crippen LogP contribution in [0.3, 0.4) is 0 Å². The first-order valence-corrected chi connectivity index (χ1v) is 11.4. The van der Waals surface area contributed by atoms with E-state index in [1.165, 1.54) is 24.4 Å². The van der Waals surface area contributed by atoms with Crippen LogP contribution in [-0.4, -0.2) is 50.5 Å². The molecule has 1 atom stereocenters. The Labute approximate surface area is 176 Å². The molecule has 0 unspecified atom stereocenters. The van der Waals surface area contributed by atoms with Crippen molar-refractivity contribution in [2.45, 2.75) is 64.0 Å². The van der Waals surface area contributed by atoms with Crippen molar-refractivity contribution < 1.29 is 9.18 Å². The SMILES string of the molecule is CC(C)c1snnc1C(=O)N1CCC[C@]2(CCCN2Cc2ccc(F)cc2)CC1. The third kappa shape index (κ3) is 4.21. The minimum atomic E-state index is -0.189. The Kier molecular flexibility index (Phi) is 5.97. The minimum absolute atomic E-state index is 0.0302. The Morgan fingerprint density at radius 3 is 2.59 bits per heavy atom. The molecule has 5 nitrogen and oxygen atoms in total. The Morgan fingerprint density at radius 1 is 1.14 bits per heavy atom. The number of nitrogens with zero attached hydrogens (tertiary/aromatic N) is 4. The van der Waals surface area contributed by atoms with Crippen molar-refractivity contribution >= 4 is 17.4 Å². The van der Waals surface area contributed by atoms with Gasteiger partial charge in [-0.25, -0.2) is 4.39 Å². The van der Waals surface area contributed by atoms with Crippen molar-refractivity contribution in [3.05, 3.63) is 46.2 Å². The van der Waals surface area contributed by atoms with Gasteiger partial charge in [-0.3, -0.25) is 9.69 Å². The summed E-state index contributed by atoms with van der Waals surface area (Å²) in [5.41, 5.74) is 1.83.